The number of aromatic nitrogens is 1. The van der Waals surface area contributed by atoms with Crippen LogP contribution in [-0.2, 0) is 0 Å². The molecule has 22 heavy (non-hydrogen) atoms. The van der Waals surface area contributed by atoms with Gasteiger partial charge in [0.15, 0.2) is 0 Å². The molecule has 0 spiro atoms. The van der Waals surface area contributed by atoms with Crippen molar-refractivity contribution in [3.05, 3.63) is 65.9 Å². The van der Waals surface area contributed by atoms with Gasteiger partial charge in [-0.05, 0) is 30.3 Å². The van der Waals surface area contributed by atoms with Gasteiger partial charge < -0.3 is 10.2 Å². The molecule has 108 valence electrons. The summed E-state index contributed by atoms with van der Waals surface area (Å²) < 4.78 is 0. The molecule has 1 aromatic heterocycles. The van der Waals surface area contributed by atoms with Gasteiger partial charge in [-0.2, -0.15) is 0 Å². The van der Waals surface area contributed by atoms with E-state index in [1.54, 1.807) is 6.20 Å². The summed E-state index contributed by atoms with van der Waals surface area (Å²) in [6.07, 6.45) is 3.12. The fourth-order valence-electron chi connectivity index (χ4n) is 2.12. The second-order valence-electron chi connectivity index (χ2n) is 4.69. The van der Waals surface area contributed by atoms with Gasteiger partial charge in [-0.15, -0.1) is 0 Å². The van der Waals surface area contributed by atoms with Crippen LogP contribution in [0.5, 0.6) is 5.75 Å². The van der Waals surface area contributed by atoms with E-state index >= 15 is 0 Å². The van der Waals surface area contributed by atoms with Crippen molar-refractivity contribution in [2.45, 2.75) is 0 Å². The van der Waals surface area contributed by atoms with Gasteiger partial charge in [0.25, 0.3) is 0 Å². The van der Waals surface area contributed by atoms with Gasteiger partial charge >= 0.3 is 5.97 Å². The highest BCUT2D eigenvalue weighted by Gasteiger charge is 2.06. The number of carboxylic acid groups (broad SMARTS) is 1. The topological polar surface area (TPSA) is 82.8 Å². The predicted molar refractivity (Wildman–Crippen MR) is 84.1 cm³/mol. The molecule has 0 saturated heterocycles. The van der Waals surface area contributed by atoms with E-state index in [9.17, 15) is 9.90 Å². The molecule has 2 aromatic carbocycles. The quantitative estimate of drug-likeness (QED) is 0.725. The number of para-hydroxylation sites is 1. The molecule has 0 amide bonds. The first kappa shape index (κ1) is 13.8. The van der Waals surface area contributed by atoms with Crippen LogP contribution in [-0.4, -0.2) is 27.4 Å². The minimum absolute atomic E-state index is 0.0260. The Morgan fingerprint density at radius 1 is 1.14 bits per heavy atom. The Hall–Kier alpha value is -3.21. The van der Waals surface area contributed by atoms with Crippen LogP contribution in [0.3, 0.4) is 0 Å². The third-order valence-corrected chi connectivity index (χ3v) is 3.23. The molecule has 3 rings (SSSR count). The Balaban J connectivity index is 2.03. The molecule has 0 saturated carbocycles. The summed E-state index contributed by atoms with van der Waals surface area (Å²) in [4.78, 5) is 19.6. The zero-order chi connectivity index (χ0) is 15.5. The minimum Gasteiger partial charge on any atom is -0.507 e. The SMILES string of the molecule is O=C(O)c1ccc(O)c(C=Nc2cccc3cccnc23)c1. The van der Waals surface area contributed by atoms with Crippen LogP contribution in [0.2, 0.25) is 0 Å². The Morgan fingerprint density at radius 3 is 2.77 bits per heavy atom. The lowest BCUT2D eigenvalue weighted by Gasteiger charge is -2.02. The van der Waals surface area contributed by atoms with Crippen LogP contribution in [0, 0.1) is 0 Å². The smallest absolute Gasteiger partial charge is 0.335 e. The number of benzene rings is 2. The van der Waals surface area contributed by atoms with E-state index in [4.69, 9.17) is 5.11 Å². The number of nitrogens with zero attached hydrogens (tertiary/aromatic N) is 2. The molecule has 0 atom stereocenters. The maximum atomic E-state index is 11.0. The summed E-state index contributed by atoms with van der Waals surface area (Å²) in [6, 6.07) is 13.4. The van der Waals surface area contributed by atoms with Gasteiger partial charge in [0.1, 0.15) is 5.75 Å². The second-order valence-corrected chi connectivity index (χ2v) is 4.69. The molecule has 0 aliphatic rings. The Morgan fingerprint density at radius 2 is 1.95 bits per heavy atom. The molecular formula is C17H12N2O3. The fourth-order valence-corrected chi connectivity index (χ4v) is 2.12. The van der Waals surface area contributed by atoms with Gasteiger partial charge in [-0.3, -0.25) is 9.98 Å². The number of aliphatic imine (C=N–C) groups is 1. The van der Waals surface area contributed by atoms with Crippen molar-refractivity contribution >= 4 is 28.8 Å². The number of aromatic hydroxyl groups is 1. The highest BCUT2D eigenvalue weighted by Crippen LogP contribution is 2.24. The maximum Gasteiger partial charge on any atom is 0.335 e. The lowest BCUT2D eigenvalue weighted by atomic mass is 10.1. The lowest BCUT2D eigenvalue weighted by molar-refractivity contribution is 0.0697. The molecule has 0 radical (unpaired) electrons. The molecular weight excluding hydrogens is 280 g/mol. The first-order chi connectivity index (χ1) is 10.6. The monoisotopic (exact) mass is 292 g/mol. The molecule has 3 aromatic rings. The van der Waals surface area contributed by atoms with Gasteiger partial charge in [0.05, 0.1) is 16.8 Å². The van der Waals surface area contributed by atoms with E-state index in [2.05, 4.69) is 9.98 Å². The molecule has 5 nitrogen and oxygen atoms in total. The molecule has 1 heterocycles. The first-order valence-corrected chi connectivity index (χ1v) is 6.59. The Labute approximate surface area is 126 Å². The van der Waals surface area contributed by atoms with Crippen LogP contribution < -0.4 is 0 Å². The highest BCUT2D eigenvalue weighted by molar-refractivity contribution is 5.95. The largest absolute Gasteiger partial charge is 0.507 e. The van der Waals surface area contributed by atoms with Crippen LogP contribution in [0.4, 0.5) is 5.69 Å². The molecule has 0 fully saturated rings. The van der Waals surface area contributed by atoms with E-state index in [0.717, 1.165) is 10.9 Å². The standard InChI is InChI=1S/C17H12N2O3/c20-15-7-6-12(17(21)22)9-13(15)10-19-14-5-1-3-11-4-2-8-18-16(11)14/h1-10,20H,(H,21,22). The second kappa shape index (κ2) is 5.65. The molecule has 0 aliphatic carbocycles. The third-order valence-electron chi connectivity index (χ3n) is 3.23. The lowest BCUT2D eigenvalue weighted by Crippen LogP contribution is -1.97. The molecule has 2 N–H and O–H groups in total. The summed E-state index contributed by atoms with van der Waals surface area (Å²) >= 11 is 0. The van der Waals surface area contributed by atoms with Crippen LogP contribution in [0.25, 0.3) is 10.9 Å². The Bertz CT molecular complexity index is 883. The summed E-state index contributed by atoms with van der Waals surface area (Å²) in [6.45, 7) is 0. The van der Waals surface area contributed by atoms with E-state index in [0.29, 0.717) is 11.3 Å². The van der Waals surface area contributed by atoms with Gasteiger partial charge in [0.2, 0.25) is 0 Å². The van der Waals surface area contributed by atoms with Crippen molar-refractivity contribution in [2.24, 2.45) is 4.99 Å². The third kappa shape index (κ3) is 2.64. The average molecular weight is 292 g/mol. The van der Waals surface area contributed by atoms with Gasteiger partial charge in [-0.1, -0.05) is 18.2 Å². The normalized spacial score (nSPS) is 11.1. The van der Waals surface area contributed by atoms with Crippen LogP contribution in [0.15, 0.2) is 59.7 Å². The maximum absolute atomic E-state index is 11.0. The summed E-state index contributed by atoms with van der Waals surface area (Å²) in [5, 5.41) is 19.8. The number of rotatable bonds is 3. The van der Waals surface area contributed by atoms with Crippen molar-refractivity contribution in [1.29, 1.82) is 0 Å². The van der Waals surface area contributed by atoms with Crippen molar-refractivity contribution < 1.29 is 15.0 Å². The zero-order valence-corrected chi connectivity index (χ0v) is 11.5. The fraction of sp³-hybridized carbons (Fsp3) is 0. The van der Waals surface area contributed by atoms with Crippen molar-refractivity contribution in [1.82, 2.24) is 4.98 Å². The number of aromatic carboxylic acids is 1. The van der Waals surface area contributed by atoms with E-state index in [1.165, 1.54) is 24.4 Å². The molecule has 5 heteroatoms. The highest BCUT2D eigenvalue weighted by atomic mass is 16.4. The average Bonchev–Trinajstić information content (AvgIpc) is 2.54. The number of carboxylic acids is 1. The van der Waals surface area contributed by atoms with E-state index in [1.807, 2.05) is 30.3 Å². The number of hydrogen-bond donors (Lipinski definition) is 2. The molecule has 0 bridgehead atoms. The van der Waals surface area contributed by atoms with Crippen molar-refractivity contribution in [3.8, 4) is 5.75 Å². The van der Waals surface area contributed by atoms with E-state index in [-0.39, 0.29) is 11.3 Å². The summed E-state index contributed by atoms with van der Waals surface area (Å²) in [5.41, 5.74) is 1.83. The van der Waals surface area contributed by atoms with E-state index < -0.39 is 5.97 Å². The number of hydrogen-bond acceptors (Lipinski definition) is 4. The molecule has 0 aliphatic heterocycles. The van der Waals surface area contributed by atoms with Crippen LogP contribution >= 0.6 is 0 Å². The molecule has 0 unspecified atom stereocenters. The van der Waals surface area contributed by atoms with Crippen LogP contribution in [0.1, 0.15) is 15.9 Å². The zero-order valence-electron chi connectivity index (χ0n) is 11.5. The summed E-state index contributed by atoms with van der Waals surface area (Å²) in [7, 11) is 0. The number of carbonyl (C=O) groups is 1. The summed E-state index contributed by atoms with van der Waals surface area (Å²) in [5.74, 6) is -1.08. The number of pyridine rings is 1. The first-order valence-electron chi connectivity index (χ1n) is 6.59. The predicted octanol–water partition coefficient (Wildman–Crippen LogP) is 3.39. The van der Waals surface area contributed by atoms with Gasteiger partial charge in [0, 0.05) is 23.4 Å². The van der Waals surface area contributed by atoms with Crippen molar-refractivity contribution in [3.63, 3.8) is 0 Å². The number of fused-ring (bicyclic) bond motifs is 1. The van der Waals surface area contributed by atoms with Gasteiger partial charge in [-0.25, -0.2) is 4.79 Å². The number of phenols is 1. The number of phenolic OH excluding ortho intramolecular Hbond substituents is 1. The van der Waals surface area contributed by atoms with Crippen molar-refractivity contribution in [2.75, 3.05) is 0 Å². The Kier molecular flexibility index (Phi) is 3.53. The minimum atomic E-state index is -1.05.